The number of nitrogens with one attached hydrogen (secondary N) is 1. The molecule has 1 rings (SSSR count). The van der Waals surface area contributed by atoms with E-state index in [1.54, 1.807) is 31.2 Å². The molecule has 0 spiro atoms. The molecular weight excluding hydrogens is 262 g/mol. The van der Waals surface area contributed by atoms with Crippen LogP contribution in [0.25, 0.3) is 0 Å². The summed E-state index contributed by atoms with van der Waals surface area (Å²) in [6, 6.07) is 6.49. The van der Waals surface area contributed by atoms with Gasteiger partial charge in [0.1, 0.15) is 0 Å². The molecule has 108 valence electrons. The van der Waals surface area contributed by atoms with Gasteiger partial charge in [0, 0.05) is 5.92 Å². The largest absolute Gasteiger partial charge is 0.469 e. The standard InChI is InChI=1S/C14H17NO5/c1-9(8-12(16)19-2)13(17)15-11-7-5-4-6-10(11)14(18)20-3/h4-7,9H,8H2,1-3H3,(H,15,17). The molecule has 1 atom stereocenters. The van der Waals surface area contributed by atoms with Gasteiger partial charge in [0.05, 0.1) is 31.9 Å². The Morgan fingerprint density at radius 3 is 2.40 bits per heavy atom. The average Bonchev–Trinajstić information content (AvgIpc) is 2.46. The van der Waals surface area contributed by atoms with E-state index in [9.17, 15) is 14.4 Å². The highest BCUT2D eigenvalue weighted by Gasteiger charge is 2.19. The highest BCUT2D eigenvalue weighted by Crippen LogP contribution is 2.17. The first-order chi connectivity index (χ1) is 9.49. The van der Waals surface area contributed by atoms with Crippen LogP contribution in [0.1, 0.15) is 23.7 Å². The summed E-state index contributed by atoms with van der Waals surface area (Å²) in [5, 5.41) is 2.61. The molecule has 1 aromatic rings. The number of ether oxygens (including phenoxy) is 2. The summed E-state index contributed by atoms with van der Waals surface area (Å²) in [6.45, 7) is 1.60. The summed E-state index contributed by atoms with van der Waals surface area (Å²) >= 11 is 0. The molecule has 1 amide bonds. The lowest BCUT2D eigenvalue weighted by Gasteiger charge is -2.13. The van der Waals surface area contributed by atoms with E-state index in [4.69, 9.17) is 0 Å². The Hall–Kier alpha value is -2.37. The van der Waals surface area contributed by atoms with Gasteiger partial charge in [-0.1, -0.05) is 19.1 Å². The van der Waals surface area contributed by atoms with E-state index in [-0.39, 0.29) is 17.9 Å². The number of amides is 1. The maximum atomic E-state index is 12.0. The zero-order valence-corrected chi connectivity index (χ0v) is 11.6. The van der Waals surface area contributed by atoms with Crippen molar-refractivity contribution < 1.29 is 23.9 Å². The van der Waals surface area contributed by atoms with Gasteiger partial charge < -0.3 is 14.8 Å². The van der Waals surface area contributed by atoms with E-state index in [1.165, 1.54) is 14.2 Å². The molecule has 0 fully saturated rings. The number of hydrogen-bond donors (Lipinski definition) is 1. The summed E-state index contributed by atoms with van der Waals surface area (Å²) < 4.78 is 9.14. The molecule has 0 saturated carbocycles. The summed E-state index contributed by atoms with van der Waals surface area (Å²) in [5.74, 6) is -1.93. The number of carbonyl (C=O) groups excluding carboxylic acids is 3. The van der Waals surface area contributed by atoms with E-state index in [0.717, 1.165) is 0 Å². The lowest BCUT2D eigenvalue weighted by atomic mass is 10.1. The van der Waals surface area contributed by atoms with E-state index in [0.29, 0.717) is 5.69 Å². The van der Waals surface area contributed by atoms with Crippen LogP contribution >= 0.6 is 0 Å². The lowest BCUT2D eigenvalue weighted by molar-refractivity contribution is -0.143. The predicted octanol–water partition coefficient (Wildman–Crippen LogP) is 1.61. The molecular formula is C14H17NO5. The van der Waals surface area contributed by atoms with Gasteiger partial charge in [-0.2, -0.15) is 0 Å². The summed E-state index contributed by atoms with van der Waals surface area (Å²) in [7, 11) is 2.53. The van der Waals surface area contributed by atoms with Crippen LogP contribution in [0.5, 0.6) is 0 Å². The van der Waals surface area contributed by atoms with Gasteiger partial charge in [-0.15, -0.1) is 0 Å². The third-order valence-electron chi connectivity index (χ3n) is 2.74. The van der Waals surface area contributed by atoms with Crippen LogP contribution in [0, 0.1) is 5.92 Å². The molecule has 0 heterocycles. The number of esters is 2. The van der Waals surface area contributed by atoms with Gasteiger partial charge in [-0.3, -0.25) is 9.59 Å². The van der Waals surface area contributed by atoms with Crippen LogP contribution in [0.3, 0.4) is 0 Å². The number of rotatable bonds is 5. The SMILES string of the molecule is COC(=O)CC(C)C(=O)Nc1ccccc1C(=O)OC. The molecule has 0 aliphatic carbocycles. The maximum absolute atomic E-state index is 12.0. The van der Waals surface area contributed by atoms with Crippen LogP contribution in [0.15, 0.2) is 24.3 Å². The zero-order valence-electron chi connectivity index (χ0n) is 11.6. The van der Waals surface area contributed by atoms with Gasteiger partial charge in [0.15, 0.2) is 0 Å². The molecule has 0 aliphatic rings. The fraction of sp³-hybridized carbons (Fsp3) is 0.357. The Labute approximate surface area is 117 Å². The summed E-state index contributed by atoms with van der Waals surface area (Å²) in [5.41, 5.74) is 0.606. The van der Waals surface area contributed by atoms with Crippen molar-refractivity contribution in [1.82, 2.24) is 0 Å². The Balaban J connectivity index is 2.80. The molecule has 0 aliphatic heterocycles. The minimum atomic E-state index is -0.562. The number of anilines is 1. The molecule has 6 heteroatoms. The van der Waals surface area contributed by atoms with Crippen molar-refractivity contribution in [1.29, 1.82) is 0 Å². The van der Waals surface area contributed by atoms with Crippen molar-refractivity contribution in [3.63, 3.8) is 0 Å². The monoisotopic (exact) mass is 279 g/mol. The first kappa shape index (κ1) is 15.7. The van der Waals surface area contributed by atoms with Crippen LogP contribution < -0.4 is 5.32 Å². The maximum Gasteiger partial charge on any atom is 0.339 e. The van der Waals surface area contributed by atoms with Crippen LogP contribution in [0.4, 0.5) is 5.69 Å². The fourth-order valence-electron chi connectivity index (χ4n) is 1.56. The topological polar surface area (TPSA) is 81.7 Å². The Morgan fingerprint density at radius 2 is 1.80 bits per heavy atom. The average molecular weight is 279 g/mol. The van der Waals surface area contributed by atoms with E-state index in [2.05, 4.69) is 14.8 Å². The van der Waals surface area contributed by atoms with Gasteiger partial charge in [0.2, 0.25) is 5.91 Å². The van der Waals surface area contributed by atoms with Crippen molar-refractivity contribution in [3.8, 4) is 0 Å². The molecule has 0 saturated heterocycles. The van der Waals surface area contributed by atoms with Gasteiger partial charge in [0.25, 0.3) is 0 Å². The quantitative estimate of drug-likeness (QED) is 0.828. The number of hydrogen-bond acceptors (Lipinski definition) is 5. The molecule has 0 radical (unpaired) electrons. The van der Waals surface area contributed by atoms with Crippen LogP contribution in [-0.4, -0.2) is 32.1 Å². The summed E-state index contributed by atoms with van der Waals surface area (Å²) in [6.07, 6.45) is -0.0251. The highest BCUT2D eigenvalue weighted by atomic mass is 16.5. The Kier molecular flexibility index (Phi) is 5.71. The Morgan fingerprint density at radius 1 is 1.15 bits per heavy atom. The molecule has 1 unspecified atom stereocenters. The third kappa shape index (κ3) is 4.08. The minimum Gasteiger partial charge on any atom is -0.469 e. The number of benzene rings is 1. The smallest absolute Gasteiger partial charge is 0.339 e. The number of carbonyl (C=O) groups is 3. The third-order valence-corrected chi connectivity index (χ3v) is 2.74. The first-order valence-electron chi connectivity index (χ1n) is 6.04. The molecule has 1 aromatic carbocycles. The van der Waals surface area contributed by atoms with Crippen LogP contribution in [-0.2, 0) is 19.1 Å². The fourth-order valence-corrected chi connectivity index (χ4v) is 1.56. The molecule has 0 bridgehead atoms. The van der Waals surface area contributed by atoms with E-state index >= 15 is 0 Å². The second-order valence-corrected chi connectivity index (χ2v) is 4.21. The van der Waals surface area contributed by atoms with Crippen molar-refractivity contribution >= 4 is 23.5 Å². The first-order valence-corrected chi connectivity index (χ1v) is 6.04. The van der Waals surface area contributed by atoms with Gasteiger partial charge >= 0.3 is 11.9 Å². The lowest BCUT2D eigenvalue weighted by Crippen LogP contribution is -2.24. The van der Waals surface area contributed by atoms with Gasteiger partial charge in [-0.05, 0) is 12.1 Å². The zero-order chi connectivity index (χ0) is 15.1. The van der Waals surface area contributed by atoms with E-state index < -0.39 is 17.9 Å². The minimum absolute atomic E-state index is 0.0251. The van der Waals surface area contributed by atoms with Crippen molar-refractivity contribution in [2.24, 2.45) is 5.92 Å². The predicted molar refractivity (Wildman–Crippen MR) is 72.2 cm³/mol. The second-order valence-electron chi connectivity index (χ2n) is 4.21. The van der Waals surface area contributed by atoms with Gasteiger partial charge in [-0.25, -0.2) is 4.79 Å². The van der Waals surface area contributed by atoms with E-state index in [1.807, 2.05) is 0 Å². The van der Waals surface area contributed by atoms with Crippen LogP contribution in [0.2, 0.25) is 0 Å². The van der Waals surface area contributed by atoms with Crippen molar-refractivity contribution in [2.45, 2.75) is 13.3 Å². The number of methoxy groups -OCH3 is 2. The normalized spacial score (nSPS) is 11.3. The van der Waals surface area contributed by atoms with Crippen molar-refractivity contribution in [2.75, 3.05) is 19.5 Å². The number of para-hydroxylation sites is 1. The Bertz CT molecular complexity index is 512. The second kappa shape index (κ2) is 7.28. The van der Waals surface area contributed by atoms with Crippen molar-refractivity contribution in [3.05, 3.63) is 29.8 Å². The molecule has 6 nitrogen and oxygen atoms in total. The molecule has 1 N–H and O–H groups in total. The molecule has 0 aromatic heterocycles. The molecule has 20 heavy (non-hydrogen) atoms. The highest BCUT2D eigenvalue weighted by molar-refractivity contribution is 6.02. The summed E-state index contributed by atoms with van der Waals surface area (Å²) in [4.78, 5) is 34.6.